The van der Waals surface area contributed by atoms with Crippen molar-refractivity contribution in [2.45, 2.75) is 57.7 Å². The van der Waals surface area contributed by atoms with E-state index in [0.717, 1.165) is 29.1 Å². The van der Waals surface area contributed by atoms with E-state index >= 15 is 0 Å². The molecule has 1 fully saturated rings. The smallest absolute Gasteiger partial charge is 0.208 e. The van der Waals surface area contributed by atoms with Gasteiger partial charge in [0.1, 0.15) is 5.75 Å². The van der Waals surface area contributed by atoms with Gasteiger partial charge in [0.05, 0.1) is 16.8 Å². The van der Waals surface area contributed by atoms with Crippen molar-refractivity contribution >= 4 is 28.1 Å². The third-order valence-corrected chi connectivity index (χ3v) is 7.08. The second kappa shape index (κ2) is 7.76. The summed E-state index contributed by atoms with van der Waals surface area (Å²) < 4.78 is 1.71. The fraction of sp³-hybridized carbons (Fsp3) is 0.500. The van der Waals surface area contributed by atoms with Crippen LogP contribution in [-0.2, 0) is 7.05 Å². The Morgan fingerprint density at radius 2 is 1.84 bits per heavy atom. The molecule has 1 saturated heterocycles. The molecule has 1 aliphatic heterocycles. The first-order chi connectivity index (χ1) is 14.4. The van der Waals surface area contributed by atoms with Gasteiger partial charge in [-0.05, 0) is 58.2 Å². The minimum Gasteiger partial charge on any atom is -0.507 e. The maximum atomic E-state index is 10.7. The number of halogens is 1. The van der Waals surface area contributed by atoms with E-state index in [0.29, 0.717) is 21.6 Å². The molecule has 3 aromatic rings. The molecule has 0 bridgehead atoms. The van der Waals surface area contributed by atoms with Gasteiger partial charge < -0.3 is 15.3 Å². The van der Waals surface area contributed by atoms with Crippen molar-refractivity contribution in [2.75, 3.05) is 11.9 Å². The molecule has 2 aromatic heterocycles. The fourth-order valence-corrected chi connectivity index (χ4v) is 6.00. The van der Waals surface area contributed by atoms with Crippen molar-refractivity contribution in [3.05, 3.63) is 29.5 Å². The van der Waals surface area contributed by atoms with Gasteiger partial charge in [0, 0.05) is 43.0 Å². The lowest BCUT2D eigenvalue weighted by Gasteiger charge is -2.48. The van der Waals surface area contributed by atoms with Gasteiger partial charge in [-0.3, -0.25) is 4.68 Å². The van der Waals surface area contributed by atoms with Crippen molar-refractivity contribution in [3.8, 4) is 27.4 Å². The average Bonchev–Trinajstić information content (AvgIpc) is 3.27. The van der Waals surface area contributed by atoms with Gasteiger partial charge in [0.2, 0.25) is 5.13 Å². The molecule has 7 nitrogen and oxygen atoms in total. The number of anilines is 1. The zero-order valence-corrected chi connectivity index (χ0v) is 20.3. The fourth-order valence-electron chi connectivity index (χ4n) is 4.70. The zero-order chi connectivity index (χ0) is 22.6. The molecule has 1 aliphatic rings. The van der Waals surface area contributed by atoms with Gasteiger partial charge in [0.15, 0.2) is 5.01 Å². The number of piperidine rings is 1. The Bertz CT molecular complexity index is 1070. The van der Waals surface area contributed by atoms with Gasteiger partial charge in [-0.15, -0.1) is 10.2 Å². The number of aryl methyl sites for hydroxylation is 1. The van der Waals surface area contributed by atoms with Crippen LogP contribution in [0.1, 0.15) is 40.5 Å². The summed E-state index contributed by atoms with van der Waals surface area (Å²) in [5, 5.41) is 29.3. The van der Waals surface area contributed by atoms with Crippen LogP contribution in [0.3, 0.4) is 0 Å². The molecule has 166 valence electrons. The number of aromatic nitrogens is 4. The monoisotopic (exact) mass is 460 g/mol. The Morgan fingerprint density at radius 3 is 2.42 bits per heavy atom. The van der Waals surface area contributed by atoms with Crippen LogP contribution in [0.5, 0.6) is 5.75 Å². The Hall–Kier alpha value is -2.16. The Morgan fingerprint density at radius 1 is 1.16 bits per heavy atom. The van der Waals surface area contributed by atoms with Crippen LogP contribution in [0, 0.1) is 0 Å². The maximum Gasteiger partial charge on any atom is 0.208 e. The number of rotatable bonds is 4. The number of phenolic OH excluding ortho intramolecular Hbond substituents is 1. The third kappa shape index (κ3) is 4.56. The molecule has 9 heteroatoms. The molecule has 0 aliphatic carbocycles. The van der Waals surface area contributed by atoms with E-state index in [2.05, 4.69) is 60.3 Å². The molecular formula is C22H29ClN6OS. The van der Waals surface area contributed by atoms with E-state index in [1.165, 1.54) is 11.3 Å². The lowest BCUT2D eigenvalue weighted by Crippen LogP contribution is -2.61. The quantitative estimate of drug-likeness (QED) is 0.587. The summed E-state index contributed by atoms with van der Waals surface area (Å²) in [5.41, 5.74) is 2.29. The van der Waals surface area contributed by atoms with Gasteiger partial charge in [-0.1, -0.05) is 22.9 Å². The molecule has 0 amide bonds. The van der Waals surface area contributed by atoms with Crippen molar-refractivity contribution in [2.24, 2.45) is 7.05 Å². The highest BCUT2D eigenvalue weighted by molar-refractivity contribution is 7.18. The number of benzene rings is 1. The summed E-state index contributed by atoms with van der Waals surface area (Å²) in [6, 6.07) is 3.86. The predicted octanol–water partition coefficient (Wildman–Crippen LogP) is 4.71. The van der Waals surface area contributed by atoms with E-state index < -0.39 is 0 Å². The third-order valence-electron chi connectivity index (χ3n) is 5.75. The first kappa shape index (κ1) is 22.0. The van der Waals surface area contributed by atoms with Crippen LogP contribution in [0.25, 0.3) is 21.7 Å². The highest BCUT2D eigenvalue weighted by Gasteiger charge is 2.39. The van der Waals surface area contributed by atoms with E-state index in [1.807, 2.05) is 19.3 Å². The van der Waals surface area contributed by atoms with Gasteiger partial charge in [-0.2, -0.15) is 5.10 Å². The molecule has 0 spiro atoms. The average molecular weight is 461 g/mol. The molecule has 0 atom stereocenters. The number of nitrogens with one attached hydrogen (secondary N) is 1. The second-order valence-corrected chi connectivity index (χ2v) is 11.1. The first-order valence-electron chi connectivity index (χ1n) is 10.3. The summed E-state index contributed by atoms with van der Waals surface area (Å²) in [5.74, 6) is 0.0841. The molecular weight excluding hydrogens is 432 g/mol. The lowest BCUT2D eigenvalue weighted by molar-refractivity contribution is 0.161. The maximum absolute atomic E-state index is 10.7. The molecule has 1 aromatic carbocycles. The van der Waals surface area contributed by atoms with Crippen LogP contribution in [0.4, 0.5) is 5.13 Å². The van der Waals surface area contributed by atoms with E-state index in [1.54, 1.807) is 16.9 Å². The summed E-state index contributed by atoms with van der Waals surface area (Å²) >= 11 is 8.01. The van der Waals surface area contributed by atoms with E-state index in [9.17, 15) is 5.11 Å². The highest BCUT2D eigenvalue weighted by Crippen LogP contribution is 2.43. The minimum absolute atomic E-state index is 0.0396. The van der Waals surface area contributed by atoms with E-state index in [-0.39, 0.29) is 16.8 Å². The number of nitrogens with zero attached hydrogens (tertiary/aromatic N) is 5. The second-order valence-electron chi connectivity index (χ2n) is 9.71. The summed E-state index contributed by atoms with van der Waals surface area (Å²) in [6.45, 7) is 8.95. The minimum atomic E-state index is 0.0396. The zero-order valence-electron chi connectivity index (χ0n) is 18.8. The predicted molar refractivity (Wildman–Crippen MR) is 127 cm³/mol. The normalized spacial score (nSPS) is 18.3. The summed E-state index contributed by atoms with van der Waals surface area (Å²) in [6.07, 6.45) is 5.64. The van der Waals surface area contributed by atoms with Gasteiger partial charge in [0.25, 0.3) is 0 Å². The highest BCUT2D eigenvalue weighted by atomic mass is 35.5. The Kier molecular flexibility index (Phi) is 5.52. The van der Waals surface area contributed by atoms with Crippen molar-refractivity contribution in [1.29, 1.82) is 0 Å². The van der Waals surface area contributed by atoms with Crippen molar-refractivity contribution in [1.82, 2.24) is 25.3 Å². The molecule has 2 N–H and O–H groups in total. The molecule has 0 saturated carbocycles. The largest absolute Gasteiger partial charge is 0.507 e. The summed E-state index contributed by atoms with van der Waals surface area (Å²) in [4.78, 5) is 2.21. The number of aromatic hydroxyl groups is 1. The number of phenols is 1. The SMILES string of the molecule is CN(c1nnc(-c2c(O)cc(-c3cnn(C)c3)cc2Cl)s1)C1CC(C)(C)NC(C)(C)C1. The summed E-state index contributed by atoms with van der Waals surface area (Å²) in [7, 11) is 3.92. The number of hydrogen-bond donors (Lipinski definition) is 2. The van der Waals surface area contributed by atoms with Crippen LogP contribution in [0.15, 0.2) is 24.5 Å². The Balaban J connectivity index is 1.61. The van der Waals surface area contributed by atoms with Gasteiger partial charge in [-0.25, -0.2) is 0 Å². The lowest BCUT2D eigenvalue weighted by atomic mass is 9.79. The number of hydrogen-bond acceptors (Lipinski definition) is 7. The van der Waals surface area contributed by atoms with Crippen LogP contribution in [-0.4, -0.2) is 49.3 Å². The van der Waals surface area contributed by atoms with Crippen LogP contribution >= 0.6 is 22.9 Å². The van der Waals surface area contributed by atoms with E-state index in [4.69, 9.17) is 11.6 Å². The molecule has 31 heavy (non-hydrogen) atoms. The van der Waals surface area contributed by atoms with Crippen molar-refractivity contribution in [3.63, 3.8) is 0 Å². The standard InChI is InChI=1S/C22H29ClN6OS/c1-21(2)9-15(10-22(3,4)27-21)29(6)20-26-25-19(31-20)18-16(23)7-13(8-17(18)30)14-11-24-28(5)12-14/h7-8,11-12,15,27,30H,9-10H2,1-6H3. The molecule has 0 radical (unpaired) electrons. The molecule has 4 rings (SSSR count). The molecule has 0 unspecified atom stereocenters. The van der Waals surface area contributed by atoms with Gasteiger partial charge >= 0.3 is 0 Å². The van der Waals surface area contributed by atoms with Crippen LogP contribution < -0.4 is 10.2 Å². The first-order valence-corrected chi connectivity index (χ1v) is 11.5. The van der Waals surface area contributed by atoms with Crippen LogP contribution in [0.2, 0.25) is 5.02 Å². The topological polar surface area (TPSA) is 79.1 Å². The molecule has 3 heterocycles. The van der Waals surface area contributed by atoms with Crippen molar-refractivity contribution < 1.29 is 5.11 Å². The Labute approximate surface area is 192 Å².